The van der Waals surface area contributed by atoms with Gasteiger partial charge in [0.1, 0.15) is 0 Å². The van der Waals surface area contributed by atoms with Crippen molar-refractivity contribution in [3.05, 3.63) is 0 Å². The standard InChI is InChI=1S/C10H19NO2/c1-8(10(12)13)7-11-6-4-3-5-9(11)2/h8-9H,3-7H2,1-2H3,(H,12,13)/t8-,9-/m1/s1. The monoisotopic (exact) mass is 185 g/mol. The minimum absolute atomic E-state index is 0.236. The smallest absolute Gasteiger partial charge is 0.307 e. The maximum atomic E-state index is 10.7. The van der Waals surface area contributed by atoms with Crippen LogP contribution in [0.5, 0.6) is 0 Å². The van der Waals surface area contributed by atoms with Crippen molar-refractivity contribution in [2.24, 2.45) is 5.92 Å². The van der Waals surface area contributed by atoms with Crippen molar-refractivity contribution in [3.63, 3.8) is 0 Å². The van der Waals surface area contributed by atoms with E-state index < -0.39 is 5.97 Å². The van der Waals surface area contributed by atoms with Gasteiger partial charge in [0.25, 0.3) is 0 Å². The third-order valence-electron chi connectivity index (χ3n) is 2.87. The molecule has 0 aromatic rings. The Kier molecular flexibility index (Phi) is 3.72. The fraction of sp³-hybridized carbons (Fsp3) is 0.900. The predicted molar refractivity (Wildman–Crippen MR) is 51.7 cm³/mol. The molecule has 1 aliphatic rings. The molecule has 2 atom stereocenters. The molecule has 13 heavy (non-hydrogen) atoms. The molecule has 0 aromatic carbocycles. The molecule has 0 saturated carbocycles. The second-order valence-corrected chi connectivity index (χ2v) is 4.08. The molecule has 76 valence electrons. The number of nitrogens with zero attached hydrogens (tertiary/aromatic N) is 1. The van der Waals surface area contributed by atoms with Gasteiger partial charge in [0, 0.05) is 12.6 Å². The summed E-state index contributed by atoms with van der Waals surface area (Å²) in [5.74, 6) is -0.918. The average molecular weight is 185 g/mol. The molecular weight excluding hydrogens is 166 g/mol. The van der Waals surface area contributed by atoms with E-state index in [2.05, 4.69) is 11.8 Å². The Balaban J connectivity index is 2.37. The summed E-state index contributed by atoms with van der Waals surface area (Å²) in [7, 11) is 0. The summed E-state index contributed by atoms with van der Waals surface area (Å²) >= 11 is 0. The SMILES string of the molecule is C[C@H](CN1CCCC[C@H]1C)C(=O)O. The van der Waals surface area contributed by atoms with Crippen LogP contribution in [0.1, 0.15) is 33.1 Å². The van der Waals surface area contributed by atoms with Crippen molar-refractivity contribution in [2.45, 2.75) is 39.2 Å². The number of hydrogen-bond acceptors (Lipinski definition) is 2. The molecule has 1 rings (SSSR count). The average Bonchev–Trinajstić information content (AvgIpc) is 2.08. The van der Waals surface area contributed by atoms with Crippen LogP contribution in [0.4, 0.5) is 0 Å². The molecule has 3 heteroatoms. The maximum Gasteiger partial charge on any atom is 0.307 e. The van der Waals surface area contributed by atoms with E-state index in [4.69, 9.17) is 5.11 Å². The Labute approximate surface area is 79.7 Å². The highest BCUT2D eigenvalue weighted by molar-refractivity contribution is 5.69. The largest absolute Gasteiger partial charge is 0.481 e. The minimum Gasteiger partial charge on any atom is -0.481 e. The van der Waals surface area contributed by atoms with Crippen LogP contribution in [-0.2, 0) is 4.79 Å². The molecule has 0 radical (unpaired) electrons. The Hall–Kier alpha value is -0.570. The minimum atomic E-state index is -0.683. The third-order valence-corrected chi connectivity index (χ3v) is 2.87. The zero-order chi connectivity index (χ0) is 9.84. The summed E-state index contributed by atoms with van der Waals surface area (Å²) < 4.78 is 0. The highest BCUT2D eigenvalue weighted by Gasteiger charge is 2.22. The van der Waals surface area contributed by atoms with Crippen molar-refractivity contribution in [1.82, 2.24) is 4.90 Å². The van der Waals surface area contributed by atoms with Crippen LogP contribution in [0, 0.1) is 5.92 Å². The lowest BCUT2D eigenvalue weighted by Crippen LogP contribution is -2.41. The lowest BCUT2D eigenvalue weighted by atomic mass is 10.0. The lowest BCUT2D eigenvalue weighted by Gasteiger charge is -2.34. The molecular formula is C10H19NO2. The molecule has 0 spiro atoms. The number of aliphatic carboxylic acids is 1. The van der Waals surface area contributed by atoms with Crippen molar-refractivity contribution in [3.8, 4) is 0 Å². The van der Waals surface area contributed by atoms with Crippen molar-refractivity contribution >= 4 is 5.97 Å². The van der Waals surface area contributed by atoms with Gasteiger partial charge in [-0.1, -0.05) is 13.3 Å². The molecule has 0 amide bonds. The summed E-state index contributed by atoms with van der Waals surface area (Å²) in [5.41, 5.74) is 0. The van der Waals surface area contributed by atoms with Crippen LogP contribution in [-0.4, -0.2) is 35.1 Å². The number of carbonyl (C=O) groups is 1. The summed E-state index contributed by atoms with van der Waals surface area (Å²) in [6.07, 6.45) is 3.72. The zero-order valence-electron chi connectivity index (χ0n) is 8.49. The molecule has 1 heterocycles. The molecule has 1 fully saturated rings. The van der Waals surface area contributed by atoms with Crippen LogP contribution in [0.15, 0.2) is 0 Å². The van der Waals surface area contributed by atoms with E-state index in [1.54, 1.807) is 6.92 Å². The number of carboxylic acid groups (broad SMARTS) is 1. The molecule has 0 aliphatic carbocycles. The van der Waals surface area contributed by atoms with Crippen molar-refractivity contribution < 1.29 is 9.90 Å². The number of carboxylic acids is 1. The van der Waals surface area contributed by atoms with Crippen LogP contribution in [0.25, 0.3) is 0 Å². The summed E-state index contributed by atoms with van der Waals surface area (Å²) in [6.45, 7) is 5.74. The predicted octanol–water partition coefficient (Wildman–Crippen LogP) is 1.58. The van der Waals surface area contributed by atoms with Gasteiger partial charge in [-0.25, -0.2) is 0 Å². The van der Waals surface area contributed by atoms with E-state index in [0.29, 0.717) is 12.6 Å². The summed E-state index contributed by atoms with van der Waals surface area (Å²) in [6, 6.07) is 0.565. The van der Waals surface area contributed by atoms with Crippen molar-refractivity contribution in [1.29, 1.82) is 0 Å². The fourth-order valence-corrected chi connectivity index (χ4v) is 1.86. The highest BCUT2D eigenvalue weighted by Crippen LogP contribution is 2.17. The molecule has 0 unspecified atom stereocenters. The topological polar surface area (TPSA) is 40.5 Å². The van der Waals surface area contributed by atoms with Gasteiger partial charge >= 0.3 is 5.97 Å². The molecule has 1 saturated heterocycles. The Bertz CT molecular complexity index is 182. The second-order valence-electron chi connectivity index (χ2n) is 4.08. The van der Waals surface area contributed by atoms with Gasteiger partial charge in [-0.3, -0.25) is 9.69 Å². The van der Waals surface area contributed by atoms with E-state index in [-0.39, 0.29) is 5.92 Å². The van der Waals surface area contributed by atoms with E-state index in [1.807, 2.05) is 0 Å². The van der Waals surface area contributed by atoms with E-state index in [0.717, 1.165) is 6.54 Å². The lowest BCUT2D eigenvalue weighted by molar-refractivity contribution is -0.142. The summed E-state index contributed by atoms with van der Waals surface area (Å²) in [5, 5.41) is 8.77. The summed E-state index contributed by atoms with van der Waals surface area (Å²) in [4.78, 5) is 12.9. The molecule has 3 nitrogen and oxygen atoms in total. The Morgan fingerprint density at radius 3 is 2.85 bits per heavy atom. The molecule has 1 aliphatic heterocycles. The van der Waals surface area contributed by atoms with Crippen LogP contribution >= 0.6 is 0 Å². The number of piperidine rings is 1. The van der Waals surface area contributed by atoms with E-state index in [9.17, 15) is 4.79 Å². The van der Waals surface area contributed by atoms with Crippen LogP contribution < -0.4 is 0 Å². The fourth-order valence-electron chi connectivity index (χ4n) is 1.86. The second kappa shape index (κ2) is 4.61. The maximum absolute atomic E-state index is 10.7. The van der Waals surface area contributed by atoms with Gasteiger partial charge in [-0.05, 0) is 26.3 Å². The van der Waals surface area contributed by atoms with Gasteiger partial charge in [-0.2, -0.15) is 0 Å². The first kappa shape index (κ1) is 10.5. The van der Waals surface area contributed by atoms with Gasteiger partial charge < -0.3 is 5.11 Å². The van der Waals surface area contributed by atoms with Crippen LogP contribution in [0.3, 0.4) is 0 Å². The Morgan fingerprint density at radius 1 is 1.62 bits per heavy atom. The van der Waals surface area contributed by atoms with Gasteiger partial charge in [0.15, 0.2) is 0 Å². The highest BCUT2D eigenvalue weighted by atomic mass is 16.4. The first-order chi connectivity index (χ1) is 6.11. The Morgan fingerprint density at radius 2 is 2.31 bits per heavy atom. The molecule has 0 aromatic heterocycles. The molecule has 0 bridgehead atoms. The van der Waals surface area contributed by atoms with Crippen molar-refractivity contribution in [2.75, 3.05) is 13.1 Å². The number of hydrogen-bond donors (Lipinski definition) is 1. The van der Waals surface area contributed by atoms with Gasteiger partial charge in [-0.15, -0.1) is 0 Å². The van der Waals surface area contributed by atoms with E-state index in [1.165, 1.54) is 19.3 Å². The quantitative estimate of drug-likeness (QED) is 0.725. The zero-order valence-corrected chi connectivity index (χ0v) is 8.49. The first-order valence-electron chi connectivity index (χ1n) is 5.08. The van der Waals surface area contributed by atoms with Gasteiger partial charge in [0.05, 0.1) is 5.92 Å². The normalized spacial score (nSPS) is 27.1. The third kappa shape index (κ3) is 2.99. The molecule has 1 N–H and O–H groups in total. The first-order valence-corrected chi connectivity index (χ1v) is 5.08. The van der Waals surface area contributed by atoms with Gasteiger partial charge in [0.2, 0.25) is 0 Å². The van der Waals surface area contributed by atoms with E-state index >= 15 is 0 Å². The number of rotatable bonds is 3. The van der Waals surface area contributed by atoms with Crippen LogP contribution in [0.2, 0.25) is 0 Å². The number of likely N-dealkylation sites (tertiary alicyclic amines) is 1.